The normalized spacial score (nSPS) is 12.1. The summed E-state index contributed by atoms with van der Waals surface area (Å²) < 4.78 is 67.8. The Morgan fingerprint density at radius 1 is 0.931 bits per heavy atom. The molecule has 3 aromatic heterocycles. The molecule has 4 aromatic rings. The third-order valence-electron chi connectivity index (χ3n) is 3.89. The molecule has 5 nitrogen and oxygen atoms in total. The van der Waals surface area contributed by atoms with Crippen molar-refractivity contribution >= 4 is 22.8 Å². The second-order valence-corrected chi connectivity index (χ2v) is 6.77. The van der Waals surface area contributed by atoms with Crippen molar-refractivity contribution in [3.8, 4) is 11.4 Å². The zero-order valence-corrected chi connectivity index (χ0v) is 15.1. The highest BCUT2D eigenvalue weighted by molar-refractivity contribution is 7.99. The zero-order valence-electron chi connectivity index (χ0n) is 14.3. The van der Waals surface area contributed by atoms with E-state index in [1.807, 2.05) is 0 Å². The van der Waals surface area contributed by atoms with Crippen LogP contribution in [0.5, 0.6) is 0 Å². The summed E-state index contributed by atoms with van der Waals surface area (Å²) in [6.45, 7) is -2.92. The van der Waals surface area contributed by atoms with Crippen LogP contribution in [-0.4, -0.2) is 24.5 Å². The number of benzene rings is 1. The molecule has 148 valence electrons. The summed E-state index contributed by atoms with van der Waals surface area (Å²) in [7, 11) is 0. The van der Waals surface area contributed by atoms with Gasteiger partial charge in [-0.2, -0.15) is 22.0 Å². The molecular weight excluding hydrogens is 413 g/mol. The number of halogens is 5. The van der Waals surface area contributed by atoms with E-state index >= 15 is 0 Å². The predicted molar refractivity (Wildman–Crippen MR) is 95.4 cm³/mol. The van der Waals surface area contributed by atoms with Gasteiger partial charge in [-0.25, -0.2) is 15.0 Å². The monoisotopic (exact) mass is 423 g/mol. The molecule has 0 fully saturated rings. The molecule has 0 aliphatic rings. The first kappa shape index (κ1) is 19.2. The molecule has 0 bridgehead atoms. The molecule has 0 spiro atoms. The number of fused-ring (bicyclic) bond motifs is 1. The van der Waals surface area contributed by atoms with Gasteiger partial charge in [0.05, 0.1) is 11.0 Å². The Morgan fingerprint density at radius 3 is 2.34 bits per heavy atom. The largest absolute Gasteiger partial charge is 0.433 e. The smallest absolute Gasteiger partial charge is 0.265 e. The summed E-state index contributed by atoms with van der Waals surface area (Å²) in [6, 6.07) is 9.84. The molecule has 0 radical (unpaired) electrons. The van der Waals surface area contributed by atoms with E-state index in [0.29, 0.717) is 33.5 Å². The van der Waals surface area contributed by atoms with Crippen LogP contribution in [0.4, 0.5) is 22.0 Å². The first-order chi connectivity index (χ1) is 13.8. The topological polar surface area (TPSA) is 56.5 Å². The number of aromatic nitrogens is 5. The van der Waals surface area contributed by atoms with Crippen LogP contribution < -0.4 is 0 Å². The molecule has 0 saturated heterocycles. The number of pyridine rings is 1. The highest BCUT2D eigenvalue weighted by Crippen LogP contribution is 2.36. The Morgan fingerprint density at radius 2 is 1.66 bits per heavy atom. The van der Waals surface area contributed by atoms with E-state index < -0.39 is 18.4 Å². The Kier molecular flexibility index (Phi) is 4.91. The Hall–Kier alpha value is -3.08. The number of rotatable bonds is 4. The van der Waals surface area contributed by atoms with Crippen LogP contribution in [0.2, 0.25) is 0 Å². The van der Waals surface area contributed by atoms with Crippen LogP contribution in [0.3, 0.4) is 0 Å². The highest BCUT2D eigenvalue weighted by atomic mass is 32.2. The Labute approximate surface area is 164 Å². The number of nitrogens with zero attached hydrogens (tertiary/aromatic N) is 5. The molecule has 11 heteroatoms. The van der Waals surface area contributed by atoms with Crippen molar-refractivity contribution in [2.45, 2.75) is 22.9 Å². The van der Waals surface area contributed by atoms with E-state index in [0.717, 1.165) is 0 Å². The van der Waals surface area contributed by atoms with Crippen molar-refractivity contribution in [3.05, 3.63) is 60.6 Å². The molecule has 3 heterocycles. The van der Waals surface area contributed by atoms with E-state index in [-0.39, 0.29) is 21.5 Å². The Balaban J connectivity index is 1.83. The first-order valence-corrected chi connectivity index (χ1v) is 8.94. The maximum absolute atomic E-state index is 13.6. The van der Waals surface area contributed by atoms with Gasteiger partial charge in [-0.1, -0.05) is 12.1 Å². The van der Waals surface area contributed by atoms with E-state index in [2.05, 4.69) is 19.9 Å². The SMILES string of the molecule is FC(F)n1c(Sc2cc(C(F)(F)F)nc(-c3ccncc3)n2)nc2ccccc21. The summed E-state index contributed by atoms with van der Waals surface area (Å²) >= 11 is 0.613. The zero-order chi connectivity index (χ0) is 20.6. The number of hydrogen-bond acceptors (Lipinski definition) is 5. The highest BCUT2D eigenvalue weighted by Gasteiger charge is 2.34. The number of para-hydroxylation sites is 2. The van der Waals surface area contributed by atoms with Gasteiger partial charge in [-0.05, 0) is 36.0 Å². The standard InChI is InChI=1S/C18H10F5N5S/c19-16(20)28-12-4-2-1-3-11(12)25-17(28)29-14-9-13(18(21,22)23)26-15(27-14)10-5-7-24-8-6-10/h1-9,16H. The van der Waals surface area contributed by atoms with Gasteiger partial charge >= 0.3 is 12.7 Å². The van der Waals surface area contributed by atoms with Gasteiger partial charge in [0.1, 0.15) is 10.7 Å². The lowest BCUT2D eigenvalue weighted by molar-refractivity contribution is -0.141. The molecule has 0 atom stereocenters. The lowest BCUT2D eigenvalue weighted by Gasteiger charge is -2.11. The number of imidazole rings is 1. The number of hydrogen-bond donors (Lipinski definition) is 0. The van der Waals surface area contributed by atoms with Gasteiger partial charge in [0, 0.05) is 24.0 Å². The average Bonchev–Trinajstić information content (AvgIpc) is 3.05. The van der Waals surface area contributed by atoms with E-state index in [1.165, 1.54) is 30.6 Å². The van der Waals surface area contributed by atoms with Crippen molar-refractivity contribution in [2.75, 3.05) is 0 Å². The molecule has 0 saturated carbocycles. The molecule has 4 rings (SSSR count). The molecule has 0 N–H and O–H groups in total. The third-order valence-corrected chi connectivity index (χ3v) is 4.77. The second-order valence-electron chi connectivity index (χ2n) is 5.78. The van der Waals surface area contributed by atoms with E-state index in [1.54, 1.807) is 18.2 Å². The molecule has 0 aliphatic heterocycles. The van der Waals surface area contributed by atoms with Gasteiger partial charge in [0.15, 0.2) is 11.0 Å². The predicted octanol–water partition coefficient (Wildman–Crippen LogP) is 5.45. The summed E-state index contributed by atoms with van der Waals surface area (Å²) in [4.78, 5) is 15.6. The third kappa shape index (κ3) is 3.90. The van der Waals surface area contributed by atoms with Gasteiger partial charge in [-0.15, -0.1) is 0 Å². The fourth-order valence-electron chi connectivity index (χ4n) is 2.63. The molecule has 0 aliphatic carbocycles. The van der Waals surface area contributed by atoms with Crippen molar-refractivity contribution in [1.29, 1.82) is 0 Å². The molecule has 1 aromatic carbocycles. The summed E-state index contributed by atoms with van der Waals surface area (Å²) in [5.74, 6) is -0.190. The maximum Gasteiger partial charge on any atom is 0.433 e. The molecular formula is C18H10F5N5S. The van der Waals surface area contributed by atoms with Crippen molar-refractivity contribution in [2.24, 2.45) is 0 Å². The quantitative estimate of drug-likeness (QED) is 0.323. The maximum atomic E-state index is 13.6. The fourth-order valence-corrected chi connectivity index (χ4v) is 3.54. The van der Waals surface area contributed by atoms with Gasteiger partial charge in [-0.3, -0.25) is 9.55 Å². The van der Waals surface area contributed by atoms with Crippen LogP contribution in [0.25, 0.3) is 22.4 Å². The second kappa shape index (κ2) is 7.39. The van der Waals surface area contributed by atoms with Crippen molar-refractivity contribution in [3.63, 3.8) is 0 Å². The summed E-state index contributed by atoms with van der Waals surface area (Å²) in [5, 5.41) is -0.329. The summed E-state index contributed by atoms with van der Waals surface area (Å²) in [6.07, 6.45) is -1.95. The van der Waals surface area contributed by atoms with Crippen LogP contribution in [0, 0.1) is 0 Å². The first-order valence-electron chi connectivity index (χ1n) is 8.12. The van der Waals surface area contributed by atoms with E-state index in [4.69, 9.17) is 0 Å². The lowest BCUT2D eigenvalue weighted by atomic mass is 10.2. The molecule has 29 heavy (non-hydrogen) atoms. The van der Waals surface area contributed by atoms with Crippen LogP contribution in [0.15, 0.2) is 65.0 Å². The average molecular weight is 423 g/mol. The van der Waals surface area contributed by atoms with Crippen LogP contribution in [-0.2, 0) is 6.18 Å². The van der Waals surface area contributed by atoms with Crippen LogP contribution >= 0.6 is 11.8 Å². The molecule has 0 unspecified atom stereocenters. The molecule has 0 amide bonds. The summed E-state index contributed by atoms with van der Waals surface area (Å²) in [5.41, 5.74) is -0.393. The van der Waals surface area contributed by atoms with Crippen LogP contribution in [0.1, 0.15) is 12.2 Å². The lowest BCUT2D eigenvalue weighted by Crippen LogP contribution is -2.10. The Bertz CT molecular complexity index is 1160. The van der Waals surface area contributed by atoms with E-state index in [9.17, 15) is 22.0 Å². The van der Waals surface area contributed by atoms with Crippen molar-refractivity contribution < 1.29 is 22.0 Å². The minimum Gasteiger partial charge on any atom is -0.265 e. The minimum absolute atomic E-state index is 0.156. The van der Waals surface area contributed by atoms with Gasteiger partial charge < -0.3 is 0 Å². The van der Waals surface area contributed by atoms with Crippen molar-refractivity contribution in [1.82, 2.24) is 24.5 Å². The number of alkyl halides is 5. The fraction of sp³-hybridized carbons (Fsp3) is 0.111. The van der Waals surface area contributed by atoms with Gasteiger partial charge in [0.2, 0.25) is 0 Å². The van der Waals surface area contributed by atoms with Gasteiger partial charge in [0.25, 0.3) is 0 Å². The minimum atomic E-state index is -4.73.